The van der Waals surface area contributed by atoms with E-state index in [2.05, 4.69) is 10.6 Å². The molecule has 1 fully saturated rings. The number of ether oxygens (including phenoxy) is 1. The Bertz CT molecular complexity index is 715. The smallest absolute Gasteiger partial charge is 0.416 e. The first-order valence-electron chi connectivity index (χ1n) is 8.62. The zero-order valence-electron chi connectivity index (χ0n) is 15.8. The number of halogens is 3. The van der Waals surface area contributed by atoms with E-state index < -0.39 is 23.4 Å². The first-order valence-corrected chi connectivity index (χ1v) is 10.8. The molecular formula is C18H23F3N2O3S2. The molecule has 1 aromatic carbocycles. The van der Waals surface area contributed by atoms with Crippen LogP contribution >= 0.6 is 23.5 Å². The van der Waals surface area contributed by atoms with Gasteiger partial charge in [0.2, 0.25) is 5.91 Å². The van der Waals surface area contributed by atoms with Crippen molar-refractivity contribution in [3.63, 3.8) is 0 Å². The van der Waals surface area contributed by atoms with Gasteiger partial charge in [0.25, 0.3) is 0 Å². The Morgan fingerprint density at radius 1 is 1.18 bits per heavy atom. The van der Waals surface area contributed by atoms with Crippen LogP contribution in [0, 0.1) is 0 Å². The molecule has 2 amide bonds. The van der Waals surface area contributed by atoms with Crippen LogP contribution in [0.25, 0.3) is 0 Å². The van der Waals surface area contributed by atoms with Crippen LogP contribution in [0.15, 0.2) is 18.2 Å². The van der Waals surface area contributed by atoms with Crippen LogP contribution in [0.4, 0.5) is 23.7 Å². The minimum Gasteiger partial charge on any atom is -0.444 e. The predicted molar refractivity (Wildman–Crippen MR) is 107 cm³/mol. The van der Waals surface area contributed by atoms with E-state index in [9.17, 15) is 22.8 Å². The van der Waals surface area contributed by atoms with Crippen LogP contribution in [0.2, 0.25) is 0 Å². The lowest BCUT2D eigenvalue weighted by atomic mass is 10.1. The number of hydrogen-bond acceptors (Lipinski definition) is 5. The highest BCUT2D eigenvalue weighted by atomic mass is 32.2. The summed E-state index contributed by atoms with van der Waals surface area (Å²) in [7, 11) is 0. The van der Waals surface area contributed by atoms with Crippen LogP contribution in [-0.2, 0) is 22.3 Å². The Morgan fingerprint density at radius 2 is 1.89 bits per heavy atom. The summed E-state index contributed by atoms with van der Waals surface area (Å²) in [5.41, 5.74) is -1.34. The molecule has 0 aliphatic carbocycles. The molecule has 5 nitrogen and oxygen atoms in total. The molecule has 1 aliphatic heterocycles. The highest BCUT2D eigenvalue weighted by Gasteiger charge is 2.32. The lowest BCUT2D eigenvalue weighted by Gasteiger charge is -2.21. The Kier molecular flexibility index (Phi) is 7.55. The van der Waals surface area contributed by atoms with Crippen molar-refractivity contribution in [1.82, 2.24) is 5.32 Å². The lowest BCUT2D eigenvalue weighted by molar-refractivity contribution is -0.137. The van der Waals surface area contributed by atoms with Gasteiger partial charge in [0.15, 0.2) is 0 Å². The van der Waals surface area contributed by atoms with E-state index in [0.29, 0.717) is 5.75 Å². The third-order valence-electron chi connectivity index (χ3n) is 3.53. The predicted octanol–water partition coefficient (Wildman–Crippen LogP) is 4.52. The number of thioether (sulfide) groups is 2. The molecule has 0 aromatic heterocycles. The van der Waals surface area contributed by atoms with Gasteiger partial charge in [0.1, 0.15) is 5.60 Å². The van der Waals surface area contributed by atoms with Gasteiger partial charge in [-0.25, -0.2) is 4.79 Å². The standard InChI is InChI=1S/C18H23F3N2O3S2/c1-17(2,3)26-16(25)22-9-11-6-12(18(19,20)21)8-13(7-11)23-15(24)14-10-27-4-5-28-14/h6-8,14H,4-5,9-10H2,1-3H3,(H,22,25)(H,23,24)/t14-/m1/s1. The first kappa shape index (κ1) is 22.7. The maximum absolute atomic E-state index is 13.2. The Morgan fingerprint density at radius 3 is 2.46 bits per heavy atom. The highest BCUT2D eigenvalue weighted by molar-refractivity contribution is 8.07. The molecular weight excluding hydrogens is 413 g/mol. The zero-order valence-corrected chi connectivity index (χ0v) is 17.4. The molecule has 2 rings (SSSR count). The fourth-order valence-electron chi connectivity index (χ4n) is 2.38. The zero-order chi connectivity index (χ0) is 20.9. The molecule has 1 saturated heterocycles. The topological polar surface area (TPSA) is 67.4 Å². The number of rotatable bonds is 4. The van der Waals surface area contributed by atoms with Crippen molar-refractivity contribution in [1.29, 1.82) is 0 Å². The van der Waals surface area contributed by atoms with E-state index >= 15 is 0 Å². The number of carbonyl (C=O) groups is 2. The van der Waals surface area contributed by atoms with Gasteiger partial charge in [0, 0.05) is 29.5 Å². The van der Waals surface area contributed by atoms with Crippen molar-refractivity contribution in [3.8, 4) is 0 Å². The number of alkyl carbamates (subject to hydrolysis) is 1. The Balaban J connectivity index is 2.13. The summed E-state index contributed by atoms with van der Waals surface area (Å²) in [5.74, 6) is 2.10. The summed E-state index contributed by atoms with van der Waals surface area (Å²) in [5, 5.41) is 4.71. The minimum absolute atomic E-state index is 0.0528. The summed E-state index contributed by atoms with van der Waals surface area (Å²) in [6.45, 7) is 4.90. The SMILES string of the molecule is CC(C)(C)OC(=O)NCc1cc(NC(=O)[C@H]2CSCCS2)cc(C(F)(F)F)c1. The molecule has 1 aromatic rings. The summed E-state index contributed by atoms with van der Waals surface area (Å²) in [6, 6.07) is 3.26. The fourth-order valence-corrected chi connectivity index (χ4v) is 4.94. The molecule has 0 spiro atoms. The summed E-state index contributed by atoms with van der Waals surface area (Å²) in [4.78, 5) is 24.1. The van der Waals surface area contributed by atoms with E-state index in [-0.39, 0.29) is 29.0 Å². The largest absolute Gasteiger partial charge is 0.444 e. The Labute approximate surface area is 170 Å². The second-order valence-corrected chi connectivity index (χ2v) is 9.66. The van der Waals surface area contributed by atoms with Crippen LogP contribution < -0.4 is 10.6 Å². The van der Waals surface area contributed by atoms with E-state index in [1.165, 1.54) is 17.8 Å². The average molecular weight is 437 g/mol. The van der Waals surface area contributed by atoms with Gasteiger partial charge in [-0.05, 0) is 44.5 Å². The molecule has 1 heterocycles. The summed E-state index contributed by atoms with van der Waals surface area (Å²) < 4.78 is 44.8. The highest BCUT2D eigenvalue weighted by Crippen LogP contribution is 2.32. The normalized spacial score (nSPS) is 17.7. The van der Waals surface area contributed by atoms with E-state index in [1.54, 1.807) is 32.5 Å². The Hall–Kier alpha value is -1.55. The molecule has 156 valence electrons. The number of hydrogen-bond donors (Lipinski definition) is 2. The molecule has 28 heavy (non-hydrogen) atoms. The van der Waals surface area contributed by atoms with Gasteiger partial charge in [-0.1, -0.05) is 0 Å². The quantitative estimate of drug-likeness (QED) is 0.727. The van der Waals surface area contributed by atoms with E-state index in [0.717, 1.165) is 23.6 Å². The minimum atomic E-state index is -4.57. The van der Waals surface area contributed by atoms with Crippen molar-refractivity contribution in [2.45, 2.75) is 44.3 Å². The van der Waals surface area contributed by atoms with Gasteiger partial charge < -0.3 is 15.4 Å². The summed E-state index contributed by atoms with van der Waals surface area (Å²) in [6.07, 6.45) is -5.30. The van der Waals surface area contributed by atoms with Crippen molar-refractivity contribution in [2.24, 2.45) is 0 Å². The van der Waals surface area contributed by atoms with Gasteiger partial charge in [-0.2, -0.15) is 24.9 Å². The van der Waals surface area contributed by atoms with Crippen LogP contribution in [0.5, 0.6) is 0 Å². The lowest BCUT2D eigenvalue weighted by Crippen LogP contribution is -2.32. The number of carbonyl (C=O) groups excluding carboxylic acids is 2. The number of anilines is 1. The average Bonchev–Trinajstić information content (AvgIpc) is 2.58. The third kappa shape index (κ3) is 7.46. The number of amides is 2. The van der Waals surface area contributed by atoms with Crippen molar-refractivity contribution < 1.29 is 27.5 Å². The fraction of sp³-hybridized carbons (Fsp3) is 0.556. The number of benzene rings is 1. The molecule has 0 radical (unpaired) electrons. The van der Waals surface area contributed by atoms with Crippen LogP contribution in [0.3, 0.4) is 0 Å². The van der Waals surface area contributed by atoms with Crippen molar-refractivity contribution in [2.75, 3.05) is 22.6 Å². The van der Waals surface area contributed by atoms with Gasteiger partial charge >= 0.3 is 12.3 Å². The van der Waals surface area contributed by atoms with E-state index in [4.69, 9.17) is 4.74 Å². The van der Waals surface area contributed by atoms with Gasteiger partial charge in [-0.3, -0.25) is 4.79 Å². The molecule has 10 heteroatoms. The van der Waals surface area contributed by atoms with Crippen molar-refractivity contribution >= 4 is 41.2 Å². The number of alkyl halides is 3. The first-order chi connectivity index (χ1) is 12.9. The molecule has 1 aliphatic rings. The van der Waals surface area contributed by atoms with Gasteiger partial charge in [0.05, 0.1) is 10.8 Å². The molecule has 2 N–H and O–H groups in total. The number of nitrogens with one attached hydrogen (secondary N) is 2. The monoisotopic (exact) mass is 436 g/mol. The molecule has 1 atom stereocenters. The summed E-state index contributed by atoms with van der Waals surface area (Å²) >= 11 is 3.14. The maximum atomic E-state index is 13.2. The molecule has 0 bridgehead atoms. The second kappa shape index (κ2) is 9.30. The molecule has 0 unspecified atom stereocenters. The maximum Gasteiger partial charge on any atom is 0.416 e. The van der Waals surface area contributed by atoms with Gasteiger partial charge in [-0.15, -0.1) is 11.8 Å². The second-order valence-electron chi connectivity index (χ2n) is 7.20. The van der Waals surface area contributed by atoms with Crippen molar-refractivity contribution in [3.05, 3.63) is 29.3 Å². The van der Waals surface area contributed by atoms with E-state index in [1.807, 2.05) is 0 Å². The molecule has 0 saturated carbocycles. The van der Waals surface area contributed by atoms with Crippen LogP contribution in [-0.4, -0.2) is 40.1 Å². The van der Waals surface area contributed by atoms with Crippen LogP contribution in [0.1, 0.15) is 31.9 Å². The third-order valence-corrected chi connectivity index (χ3v) is 6.29.